The van der Waals surface area contributed by atoms with Crippen LogP contribution in [-0.4, -0.2) is 49.2 Å². The molecule has 6 nitrogen and oxygen atoms in total. The molecule has 1 N–H and O–H groups in total. The third-order valence-corrected chi connectivity index (χ3v) is 4.77. The van der Waals surface area contributed by atoms with Gasteiger partial charge < -0.3 is 19.9 Å². The molecule has 1 aliphatic heterocycles. The molecule has 6 heteroatoms. The van der Waals surface area contributed by atoms with E-state index in [0.717, 1.165) is 24.3 Å². The molecule has 0 aliphatic carbocycles. The van der Waals surface area contributed by atoms with Crippen molar-refractivity contribution in [3.63, 3.8) is 0 Å². The first-order valence-corrected chi connectivity index (χ1v) is 9.56. The van der Waals surface area contributed by atoms with Crippen LogP contribution >= 0.6 is 0 Å². The molecule has 1 aliphatic rings. The molecule has 1 fully saturated rings. The molecule has 146 valence electrons. The minimum atomic E-state index is -0.260. The van der Waals surface area contributed by atoms with E-state index in [1.807, 2.05) is 32.9 Å². The number of rotatable bonds is 6. The number of carbonyl (C=O) groups excluding carboxylic acids is 1. The van der Waals surface area contributed by atoms with Gasteiger partial charge in [0.1, 0.15) is 11.6 Å². The standard InChI is InChI=1S/C21H30N4O2/c1-6-24(7-2)19-8-9-20(15(3)10-19)23-12-18(11-22)21(26)25-13-16(4)27-17(5)14-25/h8-10,12,16-17,23H,6-7,13-14H2,1-5H3/b18-12-. The predicted octanol–water partition coefficient (Wildman–Crippen LogP) is 3.30. The number of nitrogens with zero attached hydrogens (tertiary/aromatic N) is 3. The van der Waals surface area contributed by atoms with Crippen molar-refractivity contribution >= 4 is 17.3 Å². The Bertz CT molecular complexity index is 724. The highest BCUT2D eigenvalue weighted by molar-refractivity contribution is 5.97. The Morgan fingerprint density at radius 1 is 1.33 bits per heavy atom. The van der Waals surface area contributed by atoms with Crippen LogP contribution in [0.15, 0.2) is 30.0 Å². The number of carbonyl (C=O) groups is 1. The fourth-order valence-electron chi connectivity index (χ4n) is 3.40. The molecular formula is C21H30N4O2. The molecule has 0 radical (unpaired) electrons. The lowest BCUT2D eigenvalue weighted by Crippen LogP contribution is -2.48. The summed E-state index contributed by atoms with van der Waals surface area (Å²) in [4.78, 5) is 16.6. The predicted molar refractivity (Wildman–Crippen MR) is 109 cm³/mol. The quantitative estimate of drug-likeness (QED) is 0.615. The third-order valence-electron chi connectivity index (χ3n) is 4.77. The second kappa shape index (κ2) is 9.43. The molecule has 2 atom stereocenters. The molecule has 0 bridgehead atoms. The topological polar surface area (TPSA) is 68.6 Å². The number of nitrogens with one attached hydrogen (secondary N) is 1. The van der Waals surface area contributed by atoms with Crippen molar-refractivity contribution in [2.75, 3.05) is 36.4 Å². The second-order valence-electron chi connectivity index (χ2n) is 6.95. The number of hydrogen-bond acceptors (Lipinski definition) is 5. The van der Waals surface area contributed by atoms with Crippen LogP contribution in [0.25, 0.3) is 0 Å². The van der Waals surface area contributed by atoms with Gasteiger partial charge in [-0.05, 0) is 58.4 Å². The molecule has 0 aromatic heterocycles. The average molecular weight is 370 g/mol. The normalized spacial score (nSPS) is 20.1. The lowest BCUT2D eigenvalue weighted by Gasteiger charge is -2.35. The number of hydrogen-bond donors (Lipinski definition) is 1. The summed E-state index contributed by atoms with van der Waals surface area (Å²) in [6.07, 6.45) is 1.45. The SMILES string of the molecule is CCN(CC)c1ccc(N/C=C(/C#N)C(=O)N2CC(C)OC(C)C2)c(C)c1. The molecule has 2 unspecified atom stereocenters. The number of benzene rings is 1. The highest BCUT2D eigenvalue weighted by atomic mass is 16.5. The lowest BCUT2D eigenvalue weighted by atomic mass is 10.1. The van der Waals surface area contributed by atoms with Gasteiger partial charge in [0.2, 0.25) is 0 Å². The number of morpholine rings is 1. The maximum atomic E-state index is 12.7. The highest BCUT2D eigenvalue weighted by Crippen LogP contribution is 2.23. The van der Waals surface area contributed by atoms with Crippen LogP contribution in [0.1, 0.15) is 33.3 Å². The van der Waals surface area contributed by atoms with Crippen molar-refractivity contribution < 1.29 is 9.53 Å². The van der Waals surface area contributed by atoms with Crippen LogP contribution in [0, 0.1) is 18.3 Å². The van der Waals surface area contributed by atoms with Gasteiger partial charge in [-0.2, -0.15) is 5.26 Å². The van der Waals surface area contributed by atoms with Crippen LogP contribution in [0.3, 0.4) is 0 Å². The molecule has 1 aromatic rings. The van der Waals surface area contributed by atoms with E-state index in [-0.39, 0.29) is 23.7 Å². The zero-order valence-corrected chi connectivity index (χ0v) is 17.0. The van der Waals surface area contributed by atoms with Gasteiger partial charge in [0.25, 0.3) is 5.91 Å². The Kier molecular flexibility index (Phi) is 7.26. The van der Waals surface area contributed by atoms with E-state index in [9.17, 15) is 10.1 Å². The van der Waals surface area contributed by atoms with E-state index in [1.165, 1.54) is 11.9 Å². The lowest BCUT2D eigenvalue weighted by molar-refractivity contribution is -0.138. The van der Waals surface area contributed by atoms with Gasteiger partial charge >= 0.3 is 0 Å². The number of ether oxygens (including phenoxy) is 1. The molecule has 1 aromatic carbocycles. The number of anilines is 2. The molecule has 27 heavy (non-hydrogen) atoms. The molecule has 0 saturated carbocycles. The van der Waals surface area contributed by atoms with Crippen LogP contribution in [0.4, 0.5) is 11.4 Å². The summed E-state index contributed by atoms with van der Waals surface area (Å²) in [5, 5.41) is 12.6. The van der Waals surface area contributed by atoms with E-state index in [4.69, 9.17) is 4.74 Å². The van der Waals surface area contributed by atoms with Gasteiger partial charge in [-0.3, -0.25) is 4.79 Å². The van der Waals surface area contributed by atoms with Gasteiger partial charge in [-0.1, -0.05) is 0 Å². The van der Waals surface area contributed by atoms with Gasteiger partial charge in [0, 0.05) is 43.8 Å². The van der Waals surface area contributed by atoms with Crippen LogP contribution in [-0.2, 0) is 9.53 Å². The monoisotopic (exact) mass is 370 g/mol. The first kappa shape index (κ1) is 20.8. The van der Waals surface area contributed by atoms with E-state index < -0.39 is 0 Å². The molecule has 0 spiro atoms. The summed E-state index contributed by atoms with van der Waals surface area (Å²) in [6, 6.07) is 8.17. The first-order valence-electron chi connectivity index (χ1n) is 9.56. The van der Waals surface area contributed by atoms with E-state index >= 15 is 0 Å². The third kappa shape index (κ3) is 5.24. The minimum absolute atomic E-state index is 0.0273. The molecule has 1 amide bonds. The van der Waals surface area contributed by atoms with Crippen molar-refractivity contribution in [3.8, 4) is 6.07 Å². The van der Waals surface area contributed by atoms with Crippen LogP contribution in [0.2, 0.25) is 0 Å². The number of amides is 1. The van der Waals surface area contributed by atoms with Gasteiger partial charge in [0.15, 0.2) is 0 Å². The van der Waals surface area contributed by atoms with Gasteiger partial charge in [-0.25, -0.2) is 0 Å². The number of aryl methyl sites for hydroxylation is 1. The Balaban J connectivity index is 2.12. The maximum Gasteiger partial charge on any atom is 0.266 e. The molecule has 2 rings (SSSR count). The van der Waals surface area contributed by atoms with Crippen LogP contribution < -0.4 is 10.2 Å². The van der Waals surface area contributed by atoms with E-state index in [2.05, 4.69) is 36.2 Å². The summed E-state index contributed by atoms with van der Waals surface area (Å²) in [7, 11) is 0. The van der Waals surface area contributed by atoms with Crippen LogP contribution in [0.5, 0.6) is 0 Å². The largest absolute Gasteiger partial charge is 0.372 e. The molecule has 1 heterocycles. The fourth-order valence-corrected chi connectivity index (χ4v) is 3.40. The first-order chi connectivity index (χ1) is 12.9. The zero-order valence-electron chi connectivity index (χ0n) is 17.0. The smallest absolute Gasteiger partial charge is 0.266 e. The summed E-state index contributed by atoms with van der Waals surface area (Å²) < 4.78 is 5.66. The molecule has 1 saturated heterocycles. The van der Waals surface area contributed by atoms with Crippen molar-refractivity contribution in [2.45, 2.75) is 46.8 Å². The summed E-state index contributed by atoms with van der Waals surface area (Å²) in [6.45, 7) is 13.0. The Labute approximate surface area is 162 Å². The Morgan fingerprint density at radius 2 is 1.96 bits per heavy atom. The average Bonchev–Trinajstić information content (AvgIpc) is 2.63. The fraction of sp³-hybridized carbons (Fsp3) is 0.524. The van der Waals surface area contributed by atoms with E-state index in [1.54, 1.807) is 4.90 Å². The van der Waals surface area contributed by atoms with Crippen molar-refractivity contribution in [1.29, 1.82) is 5.26 Å². The van der Waals surface area contributed by atoms with Crippen molar-refractivity contribution in [3.05, 3.63) is 35.5 Å². The van der Waals surface area contributed by atoms with Crippen molar-refractivity contribution in [2.24, 2.45) is 0 Å². The Morgan fingerprint density at radius 3 is 2.48 bits per heavy atom. The summed E-state index contributed by atoms with van der Waals surface area (Å²) in [5.41, 5.74) is 3.22. The van der Waals surface area contributed by atoms with Crippen molar-refractivity contribution in [1.82, 2.24) is 4.90 Å². The summed E-state index contributed by atoms with van der Waals surface area (Å²) in [5.74, 6) is -0.260. The Hall–Kier alpha value is -2.52. The maximum absolute atomic E-state index is 12.7. The molecular weight excluding hydrogens is 340 g/mol. The minimum Gasteiger partial charge on any atom is -0.372 e. The van der Waals surface area contributed by atoms with E-state index in [0.29, 0.717) is 13.1 Å². The number of nitriles is 1. The summed E-state index contributed by atoms with van der Waals surface area (Å²) >= 11 is 0. The highest BCUT2D eigenvalue weighted by Gasteiger charge is 2.27. The second-order valence-corrected chi connectivity index (χ2v) is 6.95. The zero-order chi connectivity index (χ0) is 20.0. The van der Waals surface area contributed by atoms with Gasteiger partial charge in [-0.15, -0.1) is 0 Å². The van der Waals surface area contributed by atoms with Gasteiger partial charge in [0.05, 0.1) is 12.2 Å².